The first-order valence-electron chi connectivity index (χ1n) is 17.0. The van der Waals surface area contributed by atoms with Crippen LogP contribution in [0.2, 0.25) is 0 Å². The number of benzene rings is 2. The minimum absolute atomic E-state index is 0.597. The molecule has 0 spiro atoms. The predicted molar refractivity (Wildman–Crippen MR) is 188 cm³/mol. The van der Waals surface area contributed by atoms with Crippen LogP contribution in [-0.2, 0) is 13.1 Å². The molecule has 0 saturated heterocycles. The number of H-pyrrole nitrogens is 1. The zero-order valence-electron chi connectivity index (χ0n) is 29.8. The number of aromatic amines is 1. The molecule has 0 saturated carbocycles. The van der Waals surface area contributed by atoms with Crippen LogP contribution in [0.1, 0.15) is 96.8 Å². The van der Waals surface area contributed by atoms with Crippen LogP contribution < -0.4 is 19.4 Å². The third kappa shape index (κ3) is 15.8. The van der Waals surface area contributed by atoms with E-state index in [1.807, 2.05) is 43.1 Å². The van der Waals surface area contributed by atoms with Gasteiger partial charge in [-0.15, -0.1) is 0 Å². The second-order valence-corrected chi connectivity index (χ2v) is 13.2. The van der Waals surface area contributed by atoms with Gasteiger partial charge in [0, 0.05) is 30.7 Å². The van der Waals surface area contributed by atoms with Crippen molar-refractivity contribution < 1.29 is 23.9 Å². The molecule has 3 heterocycles. The molecule has 46 heavy (non-hydrogen) atoms. The average Bonchev–Trinajstić information content (AvgIpc) is 3.77. The summed E-state index contributed by atoms with van der Waals surface area (Å²) in [7, 11) is 0. The lowest BCUT2D eigenvalue weighted by molar-refractivity contribution is -0.700. The minimum Gasteiger partial charge on any atom is -0.412 e. The molecule has 0 aliphatic heterocycles. The quantitative estimate of drug-likeness (QED) is 0.155. The van der Waals surface area contributed by atoms with Crippen molar-refractivity contribution >= 4 is 0 Å². The number of nitrogens with one attached hydrogen (secondary N) is 1. The summed E-state index contributed by atoms with van der Waals surface area (Å²) in [6, 6.07) is 23.7. The van der Waals surface area contributed by atoms with Crippen molar-refractivity contribution in [2.75, 3.05) is 6.54 Å². The Balaban J connectivity index is 0.000000225. The van der Waals surface area contributed by atoms with Gasteiger partial charge in [0.05, 0.1) is 6.54 Å². The molecule has 0 unspecified atom stereocenters. The summed E-state index contributed by atoms with van der Waals surface area (Å²) < 4.78 is 11.2. The first kappa shape index (κ1) is 38.2. The first-order valence-corrected chi connectivity index (χ1v) is 17.0. The standard InChI is InChI=1S/C14H16N.C13H16N2.C8H14NO.C5H13N/c1-12(2)13-6-8-14(9-7-13)15-10-4-3-5-11-15;1-11(2)13-5-3-12(4-6-13)9-15-8-7-14-10-15;1-8(2)3-4-9-5-6-10-7-9;1-5(2)3-4-6/h3-12H,1-2H3;3-8,10-11H,9H2,1-2H3;5-8H,3-4H2,1-2H3;5H,3-4,6H2,1-2H3/q+1;;+1;/p+2. The van der Waals surface area contributed by atoms with Crippen LogP contribution in [0.25, 0.3) is 5.69 Å². The van der Waals surface area contributed by atoms with Crippen molar-refractivity contribution in [2.45, 2.75) is 93.2 Å². The summed E-state index contributed by atoms with van der Waals surface area (Å²) in [4.78, 5) is 3.04. The second kappa shape index (κ2) is 21.7. The van der Waals surface area contributed by atoms with Crippen LogP contribution in [-0.4, -0.2) is 11.5 Å². The van der Waals surface area contributed by atoms with Gasteiger partial charge >= 0.3 is 6.39 Å². The Morgan fingerprint density at radius 1 is 0.674 bits per heavy atom. The van der Waals surface area contributed by atoms with Crippen molar-refractivity contribution in [2.24, 2.45) is 11.8 Å². The number of aromatic nitrogens is 4. The van der Waals surface area contributed by atoms with Crippen LogP contribution in [0.3, 0.4) is 0 Å². The van der Waals surface area contributed by atoms with E-state index in [0.717, 1.165) is 31.5 Å². The number of hydrogen-bond donors (Lipinski definition) is 2. The molecule has 0 aliphatic rings. The first-order chi connectivity index (χ1) is 22.1. The molecular weight excluding hydrogens is 566 g/mol. The highest BCUT2D eigenvalue weighted by Crippen LogP contribution is 2.15. The lowest BCUT2D eigenvalue weighted by Gasteiger charge is -2.05. The molecule has 6 heteroatoms. The lowest BCUT2D eigenvalue weighted by atomic mass is 10.0. The zero-order valence-corrected chi connectivity index (χ0v) is 29.8. The number of oxazole rings is 1. The highest BCUT2D eigenvalue weighted by atomic mass is 16.3. The normalized spacial score (nSPS) is 10.6. The molecule has 0 aliphatic carbocycles. The predicted octanol–water partition coefficient (Wildman–Crippen LogP) is 7.45. The molecule has 5 aromatic rings. The van der Waals surface area contributed by atoms with Crippen LogP contribution >= 0.6 is 0 Å². The van der Waals surface area contributed by atoms with Gasteiger partial charge < -0.3 is 10.2 Å². The van der Waals surface area contributed by atoms with E-state index in [0.29, 0.717) is 11.8 Å². The number of aryl methyl sites for hydroxylation is 1. The summed E-state index contributed by atoms with van der Waals surface area (Å²) in [5.41, 5.74) is 9.06. The van der Waals surface area contributed by atoms with E-state index in [1.165, 1.54) is 35.2 Å². The number of pyridine rings is 1. The summed E-state index contributed by atoms with van der Waals surface area (Å²) >= 11 is 0. The SMILES string of the molecule is CC(C)CC[NH3+].CC(C)CC[n+]1ccoc1.CC(C)c1ccc(-[n+]2ccccc2)cc1.CC(C)c1ccc(C[n+]2cc[nH]c2)cc1. The van der Waals surface area contributed by atoms with Crippen LogP contribution in [0, 0.1) is 11.8 Å². The molecule has 0 atom stereocenters. The maximum Gasteiger partial charge on any atom is 0.334 e. The summed E-state index contributed by atoms with van der Waals surface area (Å²) in [5.74, 6) is 2.81. The third-order valence-corrected chi connectivity index (χ3v) is 7.46. The van der Waals surface area contributed by atoms with Gasteiger partial charge in [0.1, 0.15) is 18.9 Å². The molecular formula is C40H61N5O+4. The van der Waals surface area contributed by atoms with E-state index in [4.69, 9.17) is 4.42 Å². The molecule has 248 valence electrons. The smallest absolute Gasteiger partial charge is 0.334 e. The Kier molecular flexibility index (Phi) is 18.0. The van der Waals surface area contributed by atoms with E-state index in [-0.39, 0.29) is 0 Å². The van der Waals surface area contributed by atoms with Crippen molar-refractivity contribution in [3.63, 3.8) is 0 Å². The molecule has 3 aromatic heterocycles. The zero-order chi connectivity index (χ0) is 33.7. The van der Waals surface area contributed by atoms with Crippen molar-refractivity contribution in [3.8, 4) is 5.69 Å². The highest BCUT2D eigenvalue weighted by Gasteiger charge is 2.05. The summed E-state index contributed by atoms with van der Waals surface area (Å²) in [6.07, 6.45) is 17.9. The number of hydrogen-bond acceptors (Lipinski definition) is 1. The van der Waals surface area contributed by atoms with Crippen LogP contribution in [0.5, 0.6) is 0 Å². The Labute approximate surface area is 279 Å². The molecule has 5 rings (SSSR count). The van der Waals surface area contributed by atoms with Crippen molar-refractivity contribution in [1.29, 1.82) is 0 Å². The van der Waals surface area contributed by atoms with Gasteiger partial charge in [-0.1, -0.05) is 97.9 Å². The third-order valence-electron chi connectivity index (χ3n) is 7.46. The van der Waals surface area contributed by atoms with Gasteiger partial charge in [-0.3, -0.25) is 4.98 Å². The van der Waals surface area contributed by atoms with E-state index < -0.39 is 0 Å². The van der Waals surface area contributed by atoms with Gasteiger partial charge in [0.25, 0.3) is 0 Å². The van der Waals surface area contributed by atoms with Gasteiger partial charge in [0.15, 0.2) is 25.2 Å². The van der Waals surface area contributed by atoms with E-state index in [2.05, 4.69) is 141 Å². The number of rotatable bonds is 10. The van der Waals surface area contributed by atoms with Crippen LogP contribution in [0.4, 0.5) is 0 Å². The monoisotopic (exact) mass is 627 g/mol. The Morgan fingerprint density at radius 3 is 1.70 bits per heavy atom. The lowest BCUT2D eigenvalue weighted by Crippen LogP contribution is -2.50. The minimum atomic E-state index is 0.597. The highest BCUT2D eigenvalue weighted by molar-refractivity contribution is 5.29. The van der Waals surface area contributed by atoms with Gasteiger partial charge in [-0.05, 0) is 46.8 Å². The fourth-order valence-electron chi connectivity index (χ4n) is 4.44. The van der Waals surface area contributed by atoms with E-state index >= 15 is 0 Å². The molecule has 0 amide bonds. The van der Waals surface area contributed by atoms with Crippen molar-refractivity contribution in [1.82, 2.24) is 4.98 Å². The van der Waals surface area contributed by atoms with Gasteiger partial charge in [0.2, 0.25) is 18.2 Å². The van der Waals surface area contributed by atoms with Crippen LogP contribution in [0.15, 0.2) is 121 Å². The maximum absolute atomic E-state index is 4.91. The fourth-order valence-corrected chi connectivity index (χ4v) is 4.44. The molecule has 0 radical (unpaired) electrons. The average molecular weight is 628 g/mol. The summed E-state index contributed by atoms with van der Waals surface area (Å²) in [5, 5.41) is 0. The van der Waals surface area contributed by atoms with Gasteiger partial charge in [-0.2, -0.15) is 9.13 Å². The molecule has 2 aromatic carbocycles. The van der Waals surface area contributed by atoms with E-state index in [1.54, 1.807) is 12.7 Å². The van der Waals surface area contributed by atoms with Gasteiger partial charge in [-0.25, -0.2) is 4.57 Å². The fraction of sp³-hybridized carbons (Fsp3) is 0.425. The maximum atomic E-state index is 4.91. The topological polar surface area (TPSA) is 68.2 Å². The summed E-state index contributed by atoms with van der Waals surface area (Å²) in [6.45, 7) is 20.8. The number of imidazole rings is 1. The molecule has 0 bridgehead atoms. The Morgan fingerprint density at radius 2 is 1.26 bits per heavy atom. The van der Waals surface area contributed by atoms with Crippen molar-refractivity contribution in [3.05, 3.63) is 133 Å². The molecule has 4 N–H and O–H groups in total. The molecule has 0 fully saturated rings. The second-order valence-electron chi connectivity index (χ2n) is 13.2. The largest absolute Gasteiger partial charge is 0.412 e. The Bertz CT molecular complexity index is 1390. The Hall–Kier alpha value is -4.03. The van der Waals surface area contributed by atoms with E-state index in [9.17, 15) is 0 Å². The number of nitrogens with zero attached hydrogens (tertiary/aromatic N) is 3. The number of quaternary nitrogens is 1. The molecule has 6 nitrogen and oxygen atoms in total.